The van der Waals surface area contributed by atoms with Gasteiger partial charge in [0.05, 0.1) is 6.10 Å². The third-order valence-corrected chi connectivity index (χ3v) is 3.88. The van der Waals surface area contributed by atoms with Gasteiger partial charge in [0.2, 0.25) is 0 Å². The van der Waals surface area contributed by atoms with Crippen molar-refractivity contribution < 1.29 is 9.47 Å². The summed E-state index contributed by atoms with van der Waals surface area (Å²) >= 11 is 0. The first-order valence-corrected chi connectivity index (χ1v) is 6.35. The Hall–Kier alpha value is -1.87. The van der Waals surface area contributed by atoms with Crippen molar-refractivity contribution >= 4 is 0 Å². The zero-order chi connectivity index (χ0) is 13.8. The summed E-state index contributed by atoms with van der Waals surface area (Å²) in [6.45, 7) is 6.11. The number of hydrogen-bond acceptors (Lipinski definition) is 5. The molecule has 0 aromatic carbocycles. The molecule has 3 rings (SSSR count). The van der Waals surface area contributed by atoms with Gasteiger partial charge >= 0.3 is 6.01 Å². The summed E-state index contributed by atoms with van der Waals surface area (Å²) in [6, 6.07) is 3.67. The van der Waals surface area contributed by atoms with Gasteiger partial charge in [-0.15, -0.1) is 0 Å². The second-order valence-electron chi connectivity index (χ2n) is 5.45. The third-order valence-electron chi connectivity index (χ3n) is 3.88. The Kier molecular flexibility index (Phi) is 2.44. The maximum absolute atomic E-state index is 11.3. The number of rotatable bonds is 1. The average Bonchev–Trinajstić information content (AvgIpc) is 2.82. The van der Waals surface area contributed by atoms with Gasteiger partial charge in [-0.3, -0.25) is 9.36 Å². The molecule has 0 unspecified atom stereocenters. The fourth-order valence-corrected chi connectivity index (χ4v) is 3.02. The topological polar surface area (TPSA) is 77.1 Å². The predicted molar refractivity (Wildman–Crippen MR) is 65.4 cm³/mol. The Morgan fingerprint density at radius 1 is 1.58 bits per heavy atom. The average molecular weight is 261 g/mol. The summed E-state index contributed by atoms with van der Waals surface area (Å²) in [5.74, 6) is 0.335. The van der Waals surface area contributed by atoms with Gasteiger partial charge in [-0.1, -0.05) is 20.8 Å². The molecule has 1 fully saturated rings. The number of ether oxygens (including phenoxy) is 2. The molecule has 0 aliphatic carbocycles. The van der Waals surface area contributed by atoms with E-state index in [1.807, 2.05) is 6.92 Å². The maximum atomic E-state index is 11.3. The lowest BCUT2D eigenvalue weighted by Crippen LogP contribution is -2.39. The van der Waals surface area contributed by atoms with Crippen LogP contribution in [-0.2, 0) is 10.5 Å². The zero-order valence-corrected chi connectivity index (χ0v) is 11.0. The second-order valence-corrected chi connectivity index (χ2v) is 5.45. The van der Waals surface area contributed by atoms with Gasteiger partial charge < -0.3 is 9.47 Å². The monoisotopic (exact) mass is 261 g/mol. The minimum absolute atomic E-state index is 0.0523. The van der Waals surface area contributed by atoms with E-state index in [-0.39, 0.29) is 29.5 Å². The van der Waals surface area contributed by atoms with E-state index in [1.165, 1.54) is 16.8 Å². The molecule has 0 amide bonds. The molecule has 0 N–H and O–H groups in total. The number of nitrogens with zero attached hydrogens (tertiary/aromatic N) is 3. The summed E-state index contributed by atoms with van der Waals surface area (Å²) in [5, 5.41) is 9.58. The molecular formula is C13H15N3O3. The fourth-order valence-electron chi connectivity index (χ4n) is 3.02. The summed E-state index contributed by atoms with van der Waals surface area (Å²) in [6.07, 6.45) is 1.03. The first kappa shape index (κ1) is 12.2. The van der Waals surface area contributed by atoms with Crippen molar-refractivity contribution in [3.8, 4) is 12.1 Å². The lowest BCUT2D eigenvalue weighted by Gasteiger charge is -2.23. The molecule has 0 saturated carbocycles. The molecule has 0 radical (unpaired) electrons. The first-order valence-electron chi connectivity index (χ1n) is 6.35. The second kappa shape index (κ2) is 3.81. The number of nitriles is 1. The minimum atomic E-state index is -1.20. The number of fused-ring (bicyclic) bond motifs is 3. The van der Waals surface area contributed by atoms with E-state index >= 15 is 0 Å². The highest BCUT2D eigenvalue weighted by Crippen LogP contribution is 2.48. The van der Waals surface area contributed by atoms with Gasteiger partial charge in [0.15, 0.2) is 6.10 Å². The van der Waals surface area contributed by atoms with Crippen molar-refractivity contribution in [3.05, 3.63) is 22.6 Å². The van der Waals surface area contributed by atoms with Crippen LogP contribution in [0.1, 0.15) is 20.8 Å². The van der Waals surface area contributed by atoms with Crippen molar-refractivity contribution in [2.75, 3.05) is 0 Å². The van der Waals surface area contributed by atoms with Crippen LogP contribution in [0.5, 0.6) is 6.01 Å². The van der Waals surface area contributed by atoms with Crippen molar-refractivity contribution in [1.29, 1.82) is 5.26 Å². The highest BCUT2D eigenvalue weighted by Gasteiger charge is 2.62. The van der Waals surface area contributed by atoms with E-state index < -0.39 is 11.8 Å². The van der Waals surface area contributed by atoms with Crippen molar-refractivity contribution in [3.63, 3.8) is 0 Å². The molecule has 19 heavy (non-hydrogen) atoms. The Morgan fingerprint density at radius 3 is 2.95 bits per heavy atom. The van der Waals surface area contributed by atoms with Crippen LogP contribution in [0.25, 0.3) is 0 Å². The normalized spacial score (nSPS) is 35.6. The Morgan fingerprint density at radius 2 is 2.32 bits per heavy atom. The SMILES string of the molecule is CC(C)[C@H]1O[C@]2(C#N)[C@@H](Oc3nc(=O)ccn32)[C@@H]1C. The van der Waals surface area contributed by atoms with Crippen LogP contribution in [0, 0.1) is 23.2 Å². The summed E-state index contributed by atoms with van der Waals surface area (Å²) in [4.78, 5) is 15.1. The molecule has 1 aromatic heterocycles. The van der Waals surface area contributed by atoms with E-state index in [9.17, 15) is 10.1 Å². The molecule has 4 atom stereocenters. The molecule has 6 heteroatoms. The summed E-state index contributed by atoms with van der Waals surface area (Å²) in [5.41, 5.74) is -1.59. The smallest absolute Gasteiger partial charge is 0.303 e. The molecule has 1 aromatic rings. The van der Waals surface area contributed by atoms with E-state index in [0.29, 0.717) is 0 Å². The van der Waals surface area contributed by atoms with E-state index in [1.54, 1.807) is 0 Å². The van der Waals surface area contributed by atoms with Crippen LogP contribution >= 0.6 is 0 Å². The van der Waals surface area contributed by atoms with Gasteiger partial charge in [-0.05, 0) is 5.92 Å². The predicted octanol–water partition coefficient (Wildman–Crippen LogP) is 0.872. The molecular weight excluding hydrogens is 246 g/mol. The molecule has 2 aliphatic heterocycles. The molecule has 1 saturated heterocycles. The minimum Gasteiger partial charge on any atom is -0.454 e. The van der Waals surface area contributed by atoms with Crippen molar-refractivity contribution in [1.82, 2.24) is 9.55 Å². The van der Waals surface area contributed by atoms with E-state index in [0.717, 1.165) is 0 Å². The van der Waals surface area contributed by atoms with Crippen LogP contribution in [0.15, 0.2) is 17.1 Å². The molecule has 6 nitrogen and oxygen atoms in total. The Balaban J connectivity index is 2.13. The van der Waals surface area contributed by atoms with Crippen LogP contribution in [0.4, 0.5) is 0 Å². The number of hydrogen-bond donors (Lipinski definition) is 0. The summed E-state index contributed by atoms with van der Waals surface area (Å²) < 4.78 is 13.2. The lowest BCUT2D eigenvalue weighted by molar-refractivity contribution is -0.0787. The molecule has 0 spiro atoms. The van der Waals surface area contributed by atoms with Crippen LogP contribution in [-0.4, -0.2) is 21.8 Å². The van der Waals surface area contributed by atoms with Crippen LogP contribution in [0.2, 0.25) is 0 Å². The lowest BCUT2D eigenvalue weighted by atomic mass is 9.90. The summed E-state index contributed by atoms with van der Waals surface area (Å²) in [7, 11) is 0. The molecule has 0 bridgehead atoms. The Bertz CT molecular complexity index is 618. The van der Waals surface area contributed by atoms with Gasteiger partial charge in [-0.25, -0.2) is 0 Å². The fraction of sp³-hybridized carbons (Fsp3) is 0.615. The quantitative estimate of drug-likeness (QED) is 0.749. The van der Waals surface area contributed by atoms with Gasteiger partial charge in [0, 0.05) is 18.2 Å². The van der Waals surface area contributed by atoms with Gasteiger partial charge in [0.1, 0.15) is 6.07 Å². The zero-order valence-electron chi connectivity index (χ0n) is 11.0. The number of aromatic nitrogens is 2. The highest BCUT2D eigenvalue weighted by atomic mass is 16.6. The van der Waals surface area contributed by atoms with Gasteiger partial charge in [0.25, 0.3) is 11.3 Å². The highest BCUT2D eigenvalue weighted by molar-refractivity contribution is 5.22. The molecule has 2 aliphatic rings. The standard InChI is InChI=1S/C13H15N3O3/c1-7(2)10-8(3)11-13(6-14,19-10)16-5-4-9(17)15-12(16)18-11/h4-5,7-8,10-11H,1-3H3/t8-,10-,11+,13-/m1/s1. The van der Waals surface area contributed by atoms with Crippen LogP contribution < -0.4 is 10.3 Å². The van der Waals surface area contributed by atoms with E-state index in [2.05, 4.69) is 24.9 Å². The van der Waals surface area contributed by atoms with E-state index in [4.69, 9.17) is 9.47 Å². The third kappa shape index (κ3) is 1.45. The van der Waals surface area contributed by atoms with Gasteiger partial charge in [-0.2, -0.15) is 10.2 Å². The van der Waals surface area contributed by atoms with Crippen molar-refractivity contribution in [2.45, 2.75) is 38.7 Å². The molecule has 3 heterocycles. The maximum Gasteiger partial charge on any atom is 0.303 e. The Labute approximate surface area is 110 Å². The van der Waals surface area contributed by atoms with Crippen LogP contribution in [0.3, 0.4) is 0 Å². The largest absolute Gasteiger partial charge is 0.454 e. The van der Waals surface area contributed by atoms with Crippen molar-refractivity contribution in [2.24, 2.45) is 11.8 Å². The first-order chi connectivity index (χ1) is 8.99. The molecule has 100 valence electrons.